The monoisotopic (exact) mass is 299 g/mol. The van der Waals surface area contributed by atoms with Crippen molar-refractivity contribution in [2.24, 2.45) is 0 Å². The van der Waals surface area contributed by atoms with E-state index in [0.29, 0.717) is 11.3 Å². The quantitative estimate of drug-likeness (QED) is 0.688. The summed E-state index contributed by atoms with van der Waals surface area (Å²) in [5.41, 5.74) is -2.05. The number of imide groups is 1. The van der Waals surface area contributed by atoms with E-state index in [-0.39, 0.29) is 25.8 Å². The molecule has 1 aromatic rings. The van der Waals surface area contributed by atoms with Crippen molar-refractivity contribution in [3.8, 4) is 0 Å². The Morgan fingerprint density at radius 2 is 1.86 bits per heavy atom. The lowest BCUT2D eigenvalue weighted by atomic mass is 10.4. The number of H-pyrrole nitrogens is 1. The maximum atomic E-state index is 13.0. The highest BCUT2D eigenvalue weighted by atomic mass is 19.1. The number of carbonyl (C=O) groups is 3. The van der Waals surface area contributed by atoms with E-state index in [1.165, 1.54) is 0 Å². The van der Waals surface area contributed by atoms with Crippen LogP contribution in [0.2, 0.25) is 0 Å². The number of carbonyl (C=O) groups excluding carboxylic acids is 3. The Morgan fingerprint density at radius 3 is 2.48 bits per heavy atom. The number of hydrogen-bond acceptors (Lipinski definition) is 6. The standard InChI is InChI=1S/C11H10FN3O6/c12-6-5-14(11(20)13-10(6)19)4-3-9(18)21-15-7(16)1-2-8(15)17/h5H,1-4H2,(H,13,19,20). The summed E-state index contributed by atoms with van der Waals surface area (Å²) in [6.07, 6.45) is 0.205. The van der Waals surface area contributed by atoms with Crippen LogP contribution in [0.15, 0.2) is 15.8 Å². The minimum absolute atomic E-state index is 0.0310. The Morgan fingerprint density at radius 1 is 1.24 bits per heavy atom. The van der Waals surface area contributed by atoms with Crippen molar-refractivity contribution in [2.75, 3.05) is 0 Å². The molecule has 0 aromatic carbocycles. The first-order valence-electron chi connectivity index (χ1n) is 5.94. The molecule has 1 fully saturated rings. The maximum Gasteiger partial charge on any atom is 0.335 e. The van der Waals surface area contributed by atoms with Crippen LogP contribution in [0.5, 0.6) is 0 Å². The third kappa shape index (κ3) is 3.22. The number of halogens is 1. The van der Waals surface area contributed by atoms with E-state index in [1.807, 2.05) is 0 Å². The summed E-state index contributed by atoms with van der Waals surface area (Å²) in [7, 11) is 0. The van der Waals surface area contributed by atoms with Gasteiger partial charge in [0.1, 0.15) is 0 Å². The third-order valence-corrected chi connectivity index (χ3v) is 2.72. The van der Waals surface area contributed by atoms with E-state index in [0.717, 1.165) is 4.57 Å². The first-order chi connectivity index (χ1) is 9.88. The highest BCUT2D eigenvalue weighted by Gasteiger charge is 2.32. The molecule has 0 aliphatic carbocycles. The van der Waals surface area contributed by atoms with E-state index in [1.54, 1.807) is 4.98 Å². The van der Waals surface area contributed by atoms with E-state index in [2.05, 4.69) is 4.84 Å². The predicted molar refractivity (Wildman–Crippen MR) is 63.1 cm³/mol. The van der Waals surface area contributed by atoms with Crippen molar-refractivity contribution >= 4 is 17.8 Å². The summed E-state index contributed by atoms with van der Waals surface area (Å²) in [5, 5.41) is 0.374. The fourth-order valence-electron chi connectivity index (χ4n) is 1.67. The average molecular weight is 299 g/mol. The van der Waals surface area contributed by atoms with Gasteiger partial charge in [0.05, 0.1) is 12.6 Å². The summed E-state index contributed by atoms with van der Waals surface area (Å²) >= 11 is 0. The van der Waals surface area contributed by atoms with Gasteiger partial charge in [-0.25, -0.2) is 9.59 Å². The molecule has 21 heavy (non-hydrogen) atoms. The van der Waals surface area contributed by atoms with Gasteiger partial charge in [0.2, 0.25) is 5.82 Å². The van der Waals surface area contributed by atoms with Crippen molar-refractivity contribution in [3.05, 3.63) is 32.9 Å². The van der Waals surface area contributed by atoms with Crippen LogP contribution in [0.3, 0.4) is 0 Å². The average Bonchev–Trinajstić information content (AvgIpc) is 2.73. The first kappa shape index (κ1) is 14.6. The molecular formula is C11H10FN3O6. The molecule has 0 radical (unpaired) electrons. The molecule has 10 heteroatoms. The second-order valence-corrected chi connectivity index (χ2v) is 4.22. The highest BCUT2D eigenvalue weighted by molar-refractivity contribution is 6.01. The highest BCUT2D eigenvalue weighted by Crippen LogP contribution is 2.12. The summed E-state index contributed by atoms with van der Waals surface area (Å²) < 4.78 is 13.8. The SMILES string of the molecule is O=C(CCn1cc(F)c(=O)[nH]c1=O)ON1C(=O)CCC1=O. The molecule has 0 bridgehead atoms. The largest absolute Gasteiger partial charge is 0.335 e. The predicted octanol–water partition coefficient (Wildman–Crippen LogP) is -1.33. The van der Waals surface area contributed by atoms with Crippen LogP contribution in [-0.4, -0.2) is 32.4 Å². The first-order valence-corrected chi connectivity index (χ1v) is 5.94. The molecule has 2 amide bonds. The Bertz CT molecular complexity index is 705. The maximum absolute atomic E-state index is 13.0. The second-order valence-electron chi connectivity index (χ2n) is 4.22. The van der Waals surface area contributed by atoms with Crippen molar-refractivity contribution < 1.29 is 23.6 Å². The van der Waals surface area contributed by atoms with Crippen LogP contribution in [0.25, 0.3) is 0 Å². The molecule has 0 unspecified atom stereocenters. The molecule has 1 aliphatic heterocycles. The third-order valence-electron chi connectivity index (χ3n) is 2.72. The van der Waals surface area contributed by atoms with Gasteiger partial charge in [0, 0.05) is 19.4 Å². The molecule has 1 aromatic heterocycles. The molecule has 1 aliphatic rings. The van der Waals surface area contributed by atoms with Crippen molar-refractivity contribution in [2.45, 2.75) is 25.8 Å². The molecular weight excluding hydrogens is 289 g/mol. The minimum atomic E-state index is -1.17. The summed E-state index contributed by atoms with van der Waals surface area (Å²) in [5.74, 6) is -3.36. The van der Waals surface area contributed by atoms with E-state index in [4.69, 9.17) is 0 Å². The van der Waals surface area contributed by atoms with Crippen molar-refractivity contribution in [1.82, 2.24) is 14.6 Å². The normalized spacial score (nSPS) is 14.6. The number of hydrogen-bond donors (Lipinski definition) is 1. The van der Waals surface area contributed by atoms with Crippen LogP contribution >= 0.6 is 0 Å². The van der Waals surface area contributed by atoms with Crippen LogP contribution in [0.4, 0.5) is 4.39 Å². The molecule has 2 heterocycles. The van der Waals surface area contributed by atoms with Gasteiger partial charge < -0.3 is 4.84 Å². The molecule has 0 spiro atoms. The Kier molecular flexibility index (Phi) is 3.96. The van der Waals surface area contributed by atoms with Crippen molar-refractivity contribution in [3.63, 3.8) is 0 Å². The number of nitrogens with one attached hydrogen (secondary N) is 1. The number of hydroxylamine groups is 2. The van der Waals surface area contributed by atoms with Gasteiger partial charge in [-0.05, 0) is 0 Å². The number of aromatic nitrogens is 2. The molecule has 1 saturated heterocycles. The molecule has 0 atom stereocenters. The second kappa shape index (κ2) is 5.69. The number of nitrogens with zero attached hydrogens (tertiary/aromatic N) is 2. The molecule has 0 saturated carbocycles. The molecule has 1 N–H and O–H groups in total. The Hall–Kier alpha value is -2.78. The smallest absolute Gasteiger partial charge is 0.330 e. The zero-order valence-electron chi connectivity index (χ0n) is 10.6. The summed E-state index contributed by atoms with van der Waals surface area (Å²) in [4.78, 5) is 62.3. The van der Waals surface area contributed by atoms with Crippen LogP contribution in [0.1, 0.15) is 19.3 Å². The summed E-state index contributed by atoms with van der Waals surface area (Å²) in [6, 6.07) is 0. The minimum Gasteiger partial charge on any atom is -0.330 e. The fraction of sp³-hybridized carbons (Fsp3) is 0.364. The van der Waals surface area contributed by atoms with Gasteiger partial charge in [-0.3, -0.25) is 23.9 Å². The van der Waals surface area contributed by atoms with Gasteiger partial charge in [0.15, 0.2) is 0 Å². The van der Waals surface area contributed by atoms with Gasteiger partial charge in [-0.1, -0.05) is 0 Å². The lowest BCUT2D eigenvalue weighted by molar-refractivity contribution is -0.197. The van der Waals surface area contributed by atoms with Crippen molar-refractivity contribution in [1.29, 1.82) is 0 Å². The van der Waals surface area contributed by atoms with Gasteiger partial charge in [-0.15, -0.1) is 5.06 Å². The van der Waals surface area contributed by atoms with E-state index < -0.39 is 34.8 Å². The van der Waals surface area contributed by atoms with Gasteiger partial charge in [0.25, 0.3) is 17.4 Å². The fourth-order valence-corrected chi connectivity index (χ4v) is 1.67. The zero-order valence-corrected chi connectivity index (χ0v) is 10.6. The van der Waals surface area contributed by atoms with E-state index in [9.17, 15) is 28.4 Å². The van der Waals surface area contributed by atoms with E-state index >= 15 is 0 Å². The van der Waals surface area contributed by atoms with Crippen LogP contribution in [0, 0.1) is 5.82 Å². The van der Waals surface area contributed by atoms with Crippen LogP contribution in [-0.2, 0) is 25.8 Å². The van der Waals surface area contributed by atoms with Gasteiger partial charge >= 0.3 is 11.7 Å². The lowest BCUT2D eigenvalue weighted by Gasteiger charge is -2.12. The number of rotatable bonds is 4. The topological polar surface area (TPSA) is 119 Å². The number of aryl methyl sites for hydroxylation is 1. The lowest BCUT2D eigenvalue weighted by Crippen LogP contribution is -2.34. The molecule has 2 rings (SSSR count). The molecule has 9 nitrogen and oxygen atoms in total. The zero-order chi connectivity index (χ0) is 15.6. The summed E-state index contributed by atoms with van der Waals surface area (Å²) in [6.45, 7) is -0.276. The Labute approximate surface area is 115 Å². The van der Waals surface area contributed by atoms with Gasteiger partial charge in [-0.2, -0.15) is 4.39 Å². The number of aromatic amines is 1. The number of amides is 2. The molecule has 112 valence electrons. The Balaban J connectivity index is 1.97. The van der Waals surface area contributed by atoms with Crippen LogP contribution < -0.4 is 11.2 Å².